The molecule has 0 saturated carbocycles. The molecule has 1 unspecified atom stereocenters. The number of piperidine rings is 1. The number of benzene rings is 1. The number of pyridine rings is 1. The first-order valence-electron chi connectivity index (χ1n) is 9.91. The second-order valence-electron chi connectivity index (χ2n) is 7.77. The maximum atomic E-state index is 13.0. The van der Waals surface area contributed by atoms with E-state index in [0.29, 0.717) is 25.4 Å². The molecule has 2 aromatic rings. The molecule has 2 aliphatic heterocycles. The van der Waals surface area contributed by atoms with Crippen LogP contribution in [0.1, 0.15) is 35.3 Å². The van der Waals surface area contributed by atoms with Crippen molar-refractivity contribution < 1.29 is 18.7 Å². The van der Waals surface area contributed by atoms with Crippen molar-refractivity contribution >= 4 is 11.8 Å². The van der Waals surface area contributed by atoms with E-state index < -0.39 is 0 Å². The summed E-state index contributed by atoms with van der Waals surface area (Å²) >= 11 is 0. The van der Waals surface area contributed by atoms with Gasteiger partial charge in [-0.15, -0.1) is 0 Å². The van der Waals surface area contributed by atoms with E-state index in [0.717, 1.165) is 24.8 Å². The van der Waals surface area contributed by atoms with E-state index in [1.807, 2.05) is 4.90 Å². The molecule has 0 radical (unpaired) electrons. The number of rotatable bonds is 4. The minimum absolute atomic E-state index is 0.0458. The number of amides is 2. The normalized spacial score (nSPS) is 20.6. The van der Waals surface area contributed by atoms with Crippen molar-refractivity contribution in [3.8, 4) is 0 Å². The van der Waals surface area contributed by atoms with Gasteiger partial charge in [-0.05, 0) is 49.1 Å². The van der Waals surface area contributed by atoms with Crippen molar-refractivity contribution in [3.05, 3.63) is 65.7 Å². The Hall–Kier alpha value is -2.80. The fraction of sp³-hybridized carbons (Fsp3) is 0.409. The van der Waals surface area contributed by atoms with E-state index in [4.69, 9.17) is 4.74 Å². The summed E-state index contributed by atoms with van der Waals surface area (Å²) in [6.45, 7) is 1.73. The van der Waals surface area contributed by atoms with Crippen LogP contribution in [-0.2, 0) is 16.0 Å². The van der Waals surface area contributed by atoms with E-state index in [-0.39, 0.29) is 35.7 Å². The highest BCUT2D eigenvalue weighted by atomic mass is 19.1. The van der Waals surface area contributed by atoms with E-state index in [2.05, 4.69) is 10.3 Å². The number of likely N-dealkylation sites (tertiary alicyclic amines) is 1. The van der Waals surface area contributed by atoms with Crippen molar-refractivity contribution in [3.63, 3.8) is 0 Å². The fourth-order valence-electron chi connectivity index (χ4n) is 4.09. The zero-order valence-corrected chi connectivity index (χ0v) is 16.1. The quantitative estimate of drug-likeness (QED) is 0.860. The molecular formula is C22H24FN3O3. The lowest BCUT2D eigenvalue weighted by molar-refractivity contribution is -0.135. The molecular weight excluding hydrogens is 373 g/mol. The van der Waals surface area contributed by atoms with Crippen LogP contribution in [-0.4, -0.2) is 53.0 Å². The largest absolute Gasteiger partial charge is 0.373 e. The van der Waals surface area contributed by atoms with Gasteiger partial charge in [-0.2, -0.15) is 0 Å². The third-order valence-corrected chi connectivity index (χ3v) is 5.74. The van der Waals surface area contributed by atoms with E-state index in [9.17, 15) is 14.0 Å². The Morgan fingerprint density at radius 3 is 2.62 bits per heavy atom. The molecule has 2 amide bonds. The molecule has 2 fully saturated rings. The molecule has 0 bridgehead atoms. The molecule has 152 valence electrons. The van der Waals surface area contributed by atoms with Crippen molar-refractivity contribution in [2.45, 2.75) is 37.3 Å². The van der Waals surface area contributed by atoms with Gasteiger partial charge in [0.15, 0.2) is 0 Å². The summed E-state index contributed by atoms with van der Waals surface area (Å²) in [7, 11) is 0. The molecule has 1 aromatic heterocycles. The fourth-order valence-corrected chi connectivity index (χ4v) is 4.09. The van der Waals surface area contributed by atoms with E-state index >= 15 is 0 Å². The highest BCUT2D eigenvalue weighted by molar-refractivity contribution is 5.92. The topological polar surface area (TPSA) is 71.5 Å². The molecule has 1 atom stereocenters. The van der Waals surface area contributed by atoms with Crippen LogP contribution in [0.15, 0.2) is 48.7 Å². The third kappa shape index (κ3) is 4.62. The van der Waals surface area contributed by atoms with Gasteiger partial charge in [0.25, 0.3) is 5.91 Å². The Morgan fingerprint density at radius 1 is 1.17 bits per heavy atom. The lowest BCUT2D eigenvalue weighted by Gasteiger charge is -2.38. The van der Waals surface area contributed by atoms with Crippen LogP contribution in [0.4, 0.5) is 4.39 Å². The average Bonchev–Trinajstić information content (AvgIpc) is 3.12. The number of aromatic nitrogens is 1. The van der Waals surface area contributed by atoms with Gasteiger partial charge in [-0.1, -0.05) is 18.2 Å². The molecule has 7 heteroatoms. The van der Waals surface area contributed by atoms with Gasteiger partial charge in [0.05, 0.1) is 24.7 Å². The molecule has 2 saturated heterocycles. The van der Waals surface area contributed by atoms with E-state index in [1.165, 1.54) is 12.1 Å². The zero-order valence-electron chi connectivity index (χ0n) is 16.1. The first-order valence-corrected chi connectivity index (χ1v) is 9.91. The Labute approximate surface area is 169 Å². The van der Waals surface area contributed by atoms with Gasteiger partial charge in [0.1, 0.15) is 11.5 Å². The standard InChI is InChI=1S/C22H24FN3O3/c23-17-6-4-16(5-7-17)13-20(27)26-11-8-22(9-12-26)14-18(15-29-22)25-21(28)19-3-1-2-10-24-19/h1-7,10,18H,8-9,11-15H2,(H,25,28). The average molecular weight is 397 g/mol. The second kappa shape index (κ2) is 8.29. The van der Waals surface area contributed by atoms with Crippen LogP contribution in [0.2, 0.25) is 0 Å². The SMILES string of the molecule is O=C(NC1COC2(CCN(C(=O)Cc3ccc(F)cc3)CC2)C1)c1ccccn1. The first-order chi connectivity index (χ1) is 14.0. The molecule has 6 nitrogen and oxygen atoms in total. The van der Waals surface area contributed by atoms with Crippen molar-refractivity contribution in [1.82, 2.24) is 15.2 Å². The molecule has 29 heavy (non-hydrogen) atoms. The minimum Gasteiger partial charge on any atom is -0.373 e. The van der Waals surface area contributed by atoms with Gasteiger partial charge in [-0.3, -0.25) is 14.6 Å². The molecule has 1 aromatic carbocycles. The van der Waals surface area contributed by atoms with Crippen molar-refractivity contribution in [2.24, 2.45) is 0 Å². The molecule has 1 N–H and O–H groups in total. The summed E-state index contributed by atoms with van der Waals surface area (Å²) < 4.78 is 19.1. The molecule has 3 heterocycles. The smallest absolute Gasteiger partial charge is 0.270 e. The summed E-state index contributed by atoms with van der Waals surface area (Å²) in [6, 6.07) is 11.2. The molecule has 0 aliphatic carbocycles. The predicted octanol–water partition coefficient (Wildman–Crippen LogP) is 2.34. The Kier molecular flexibility index (Phi) is 5.58. The third-order valence-electron chi connectivity index (χ3n) is 5.74. The van der Waals surface area contributed by atoms with Crippen LogP contribution < -0.4 is 5.32 Å². The highest BCUT2D eigenvalue weighted by Gasteiger charge is 2.43. The summed E-state index contributed by atoms with van der Waals surface area (Å²) in [4.78, 5) is 30.8. The lowest BCUT2D eigenvalue weighted by Crippen LogP contribution is -2.47. The van der Waals surface area contributed by atoms with Crippen molar-refractivity contribution in [2.75, 3.05) is 19.7 Å². The van der Waals surface area contributed by atoms with Gasteiger partial charge >= 0.3 is 0 Å². The number of carbonyl (C=O) groups is 2. The number of ether oxygens (including phenoxy) is 1. The summed E-state index contributed by atoms with van der Waals surface area (Å²) in [6.07, 6.45) is 4.11. The number of halogens is 1. The van der Waals surface area contributed by atoms with Crippen molar-refractivity contribution in [1.29, 1.82) is 0 Å². The maximum absolute atomic E-state index is 13.0. The van der Waals surface area contributed by atoms with Gasteiger partial charge in [0.2, 0.25) is 5.91 Å². The lowest BCUT2D eigenvalue weighted by atomic mass is 9.87. The van der Waals surface area contributed by atoms with Gasteiger partial charge in [0, 0.05) is 19.3 Å². The number of carbonyl (C=O) groups excluding carboxylic acids is 2. The summed E-state index contributed by atoms with van der Waals surface area (Å²) in [5.41, 5.74) is 0.926. The Balaban J connectivity index is 1.27. The number of nitrogens with one attached hydrogen (secondary N) is 1. The second-order valence-corrected chi connectivity index (χ2v) is 7.77. The minimum atomic E-state index is -0.302. The van der Waals surface area contributed by atoms with Crippen LogP contribution in [0.3, 0.4) is 0 Å². The van der Waals surface area contributed by atoms with Gasteiger partial charge < -0.3 is 15.0 Å². The summed E-state index contributed by atoms with van der Waals surface area (Å²) in [5, 5.41) is 3.00. The number of hydrogen-bond donors (Lipinski definition) is 1. The van der Waals surface area contributed by atoms with Crippen LogP contribution in [0, 0.1) is 5.82 Å². The Bertz CT molecular complexity index is 865. The predicted molar refractivity (Wildman–Crippen MR) is 105 cm³/mol. The molecule has 1 spiro atoms. The monoisotopic (exact) mass is 397 g/mol. The van der Waals surface area contributed by atoms with E-state index in [1.54, 1.807) is 36.5 Å². The Morgan fingerprint density at radius 2 is 1.93 bits per heavy atom. The maximum Gasteiger partial charge on any atom is 0.270 e. The zero-order chi connectivity index (χ0) is 20.3. The summed E-state index contributed by atoms with van der Waals surface area (Å²) in [5.74, 6) is -0.447. The number of hydrogen-bond acceptors (Lipinski definition) is 4. The van der Waals surface area contributed by atoms with Crippen LogP contribution >= 0.6 is 0 Å². The number of nitrogens with zero attached hydrogens (tertiary/aromatic N) is 2. The first kappa shape index (κ1) is 19.5. The van der Waals surface area contributed by atoms with Gasteiger partial charge in [-0.25, -0.2) is 4.39 Å². The molecule has 2 aliphatic rings. The van der Waals surface area contributed by atoms with Crippen LogP contribution in [0.25, 0.3) is 0 Å². The van der Waals surface area contributed by atoms with Crippen LogP contribution in [0.5, 0.6) is 0 Å². The molecule has 4 rings (SSSR count). The highest BCUT2D eigenvalue weighted by Crippen LogP contribution is 2.36.